The Balaban J connectivity index is 1.41. The van der Waals surface area contributed by atoms with Crippen LogP contribution in [-0.2, 0) is 5.60 Å². The van der Waals surface area contributed by atoms with E-state index >= 15 is 0 Å². The second kappa shape index (κ2) is 6.89. The maximum absolute atomic E-state index is 12.1. The second-order valence-electron chi connectivity index (χ2n) is 7.01. The van der Waals surface area contributed by atoms with Gasteiger partial charge in [-0.05, 0) is 38.2 Å². The van der Waals surface area contributed by atoms with Gasteiger partial charge in [-0.2, -0.15) is 0 Å². The number of amides is 2. The van der Waals surface area contributed by atoms with E-state index in [0.717, 1.165) is 37.5 Å². The molecule has 1 saturated carbocycles. The number of likely N-dealkylation sites (tertiary alicyclic amines) is 1. The predicted molar refractivity (Wildman–Crippen MR) is 90.2 cm³/mol. The summed E-state index contributed by atoms with van der Waals surface area (Å²) in [7, 11) is 0. The average molecular weight is 317 g/mol. The number of aliphatic hydroxyl groups is 1. The van der Waals surface area contributed by atoms with Crippen LogP contribution in [-0.4, -0.2) is 47.8 Å². The second-order valence-corrected chi connectivity index (χ2v) is 7.01. The van der Waals surface area contributed by atoms with Crippen molar-refractivity contribution in [1.82, 2.24) is 15.5 Å². The van der Waals surface area contributed by atoms with E-state index in [1.54, 1.807) is 6.92 Å². The number of nitrogens with zero attached hydrogens (tertiary/aromatic N) is 1. The Labute approximate surface area is 138 Å². The van der Waals surface area contributed by atoms with Crippen LogP contribution < -0.4 is 10.6 Å². The molecule has 1 saturated heterocycles. The lowest BCUT2D eigenvalue weighted by molar-refractivity contribution is 0.0591. The van der Waals surface area contributed by atoms with Crippen LogP contribution in [0.4, 0.5) is 4.79 Å². The monoisotopic (exact) mass is 317 g/mol. The number of carbonyl (C=O) groups excluding carboxylic acids is 1. The number of urea groups is 1. The lowest BCUT2D eigenvalue weighted by atomic mass is 9.96. The average Bonchev–Trinajstić information content (AvgIpc) is 3.40. The van der Waals surface area contributed by atoms with Gasteiger partial charge in [-0.1, -0.05) is 30.3 Å². The minimum absolute atomic E-state index is 0.189. The molecule has 0 radical (unpaired) electrons. The molecule has 0 bridgehead atoms. The molecule has 1 heterocycles. The van der Waals surface area contributed by atoms with E-state index in [1.807, 2.05) is 30.3 Å². The van der Waals surface area contributed by atoms with Crippen LogP contribution in [0.2, 0.25) is 0 Å². The van der Waals surface area contributed by atoms with E-state index in [4.69, 9.17) is 0 Å². The van der Waals surface area contributed by atoms with Gasteiger partial charge in [0, 0.05) is 25.2 Å². The third-order valence-electron chi connectivity index (χ3n) is 4.92. The van der Waals surface area contributed by atoms with Gasteiger partial charge >= 0.3 is 6.03 Å². The third kappa shape index (κ3) is 4.45. The van der Waals surface area contributed by atoms with Gasteiger partial charge in [0.2, 0.25) is 0 Å². The molecule has 23 heavy (non-hydrogen) atoms. The van der Waals surface area contributed by atoms with E-state index in [9.17, 15) is 9.90 Å². The van der Waals surface area contributed by atoms with E-state index in [1.165, 1.54) is 12.8 Å². The summed E-state index contributed by atoms with van der Waals surface area (Å²) < 4.78 is 0. The molecule has 1 aromatic rings. The molecule has 3 N–H and O–H groups in total. The minimum Gasteiger partial charge on any atom is -0.384 e. The summed E-state index contributed by atoms with van der Waals surface area (Å²) in [6.45, 7) is 4.08. The first-order valence-corrected chi connectivity index (χ1v) is 8.61. The summed E-state index contributed by atoms with van der Waals surface area (Å²) >= 11 is 0. The van der Waals surface area contributed by atoms with Crippen LogP contribution in [0.15, 0.2) is 30.3 Å². The van der Waals surface area contributed by atoms with Crippen molar-refractivity contribution in [2.24, 2.45) is 0 Å². The van der Waals surface area contributed by atoms with Gasteiger partial charge in [-0.25, -0.2) is 4.79 Å². The molecule has 3 rings (SSSR count). The molecule has 2 fully saturated rings. The molecule has 1 aromatic carbocycles. The van der Waals surface area contributed by atoms with Gasteiger partial charge in [-0.3, -0.25) is 0 Å². The zero-order chi connectivity index (χ0) is 16.3. The highest BCUT2D eigenvalue weighted by atomic mass is 16.3. The van der Waals surface area contributed by atoms with Crippen LogP contribution >= 0.6 is 0 Å². The SMILES string of the molecule is CC(O)(CNC(=O)NC1CCN(C2CC2)CC1)c1ccccc1. The fraction of sp³-hybridized carbons (Fsp3) is 0.611. The van der Waals surface area contributed by atoms with Crippen molar-refractivity contribution in [2.75, 3.05) is 19.6 Å². The Kier molecular flexibility index (Phi) is 4.87. The van der Waals surface area contributed by atoms with Crippen LogP contribution in [0.3, 0.4) is 0 Å². The zero-order valence-electron chi connectivity index (χ0n) is 13.8. The Hall–Kier alpha value is -1.59. The van der Waals surface area contributed by atoms with E-state index < -0.39 is 5.60 Å². The fourth-order valence-electron chi connectivity index (χ4n) is 3.24. The quantitative estimate of drug-likeness (QED) is 0.776. The molecule has 5 nitrogen and oxygen atoms in total. The van der Waals surface area contributed by atoms with Crippen LogP contribution in [0.25, 0.3) is 0 Å². The number of carbonyl (C=O) groups is 1. The topological polar surface area (TPSA) is 64.6 Å². The number of hydrogen-bond donors (Lipinski definition) is 3. The Morgan fingerprint density at radius 3 is 2.48 bits per heavy atom. The number of rotatable bonds is 5. The van der Waals surface area contributed by atoms with E-state index in [-0.39, 0.29) is 18.6 Å². The molecule has 2 amide bonds. The largest absolute Gasteiger partial charge is 0.384 e. The predicted octanol–water partition coefficient (Wildman–Crippen LogP) is 1.82. The Morgan fingerprint density at radius 1 is 1.22 bits per heavy atom. The first-order chi connectivity index (χ1) is 11.0. The van der Waals surface area contributed by atoms with Gasteiger partial charge in [0.1, 0.15) is 5.60 Å². The van der Waals surface area contributed by atoms with Crippen molar-refractivity contribution in [3.05, 3.63) is 35.9 Å². The van der Waals surface area contributed by atoms with Crippen LogP contribution in [0.5, 0.6) is 0 Å². The molecule has 1 unspecified atom stereocenters. The maximum Gasteiger partial charge on any atom is 0.315 e. The molecule has 5 heteroatoms. The molecule has 1 aliphatic carbocycles. The van der Waals surface area contributed by atoms with Crippen LogP contribution in [0.1, 0.15) is 38.2 Å². The highest BCUT2D eigenvalue weighted by Crippen LogP contribution is 2.29. The Morgan fingerprint density at radius 2 is 1.87 bits per heavy atom. The fourth-order valence-corrected chi connectivity index (χ4v) is 3.24. The van der Waals surface area contributed by atoms with E-state index in [2.05, 4.69) is 15.5 Å². The highest BCUT2D eigenvalue weighted by Gasteiger charge is 2.32. The van der Waals surface area contributed by atoms with Crippen molar-refractivity contribution < 1.29 is 9.90 Å². The van der Waals surface area contributed by atoms with Crippen molar-refractivity contribution in [2.45, 2.75) is 50.3 Å². The molecule has 2 aliphatic rings. The summed E-state index contributed by atoms with van der Waals surface area (Å²) in [5.41, 5.74) is -0.258. The van der Waals surface area contributed by atoms with Crippen LogP contribution in [0, 0.1) is 0 Å². The van der Waals surface area contributed by atoms with Gasteiger partial charge in [0.25, 0.3) is 0 Å². The van der Waals surface area contributed by atoms with E-state index in [0.29, 0.717) is 0 Å². The molecular weight excluding hydrogens is 290 g/mol. The molecule has 0 spiro atoms. The van der Waals surface area contributed by atoms with Gasteiger partial charge < -0.3 is 20.6 Å². The molecule has 0 aromatic heterocycles. The maximum atomic E-state index is 12.1. The summed E-state index contributed by atoms with van der Waals surface area (Å²) in [4.78, 5) is 14.6. The summed E-state index contributed by atoms with van der Waals surface area (Å²) in [5.74, 6) is 0. The standard InChI is InChI=1S/C18H27N3O2/c1-18(23,14-5-3-2-4-6-14)13-19-17(22)20-15-9-11-21(12-10-15)16-7-8-16/h2-6,15-16,23H,7-13H2,1H3,(H2,19,20,22). The van der Waals surface area contributed by atoms with Gasteiger partial charge in [0.15, 0.2) is 0 Å². The van der Waals surface area contributed by atoms with Crippen molar-refractivity contribution in [1.29, 1.82) is 0 Å². The summed E-state index contributed by atoms with van der Waals surface area (Å²) in [5, 5.41) is 16.3. The number of hydrogen-bond acceptors (Lipinski definition) is 3. The number of benzene rings is 1. The third-order valence-corrected chi connectivity index (χ3v) is 4.92. The lowest BCUT2D eigenvalue weighted by Crippen LogP contribution is -2.50. The normalized spacial score (nSPS) is 22.3. The first kappa shape index (κ1) is 16.3. The highest BCUT2D eigenvalue weighted by molar-refractivity contribution is 5.74. The van der Waals surface area contributed by atoms with Gasteiger partial charge in [0.05, 0.1) is 6.54 Å². The van der Waals surface area contributed by atoms with Crippen molar-refractivity contribution in [3.8, 4) is 0 Å². The van der Waals surface area contributed by atoms with Crippen molar-refractivity contribution >= 4 is 6.03 Å². The number of nitrogens with one attached hydrogen (secondary N) is 2. The van der Waals surface area contributed by atoms with Crippen molar-refractivity contribution in [3.63, 3.8) is 0 Å². The molecular formula is C18H27N3O2. The Bertz CT molecular complexity index is 520. The molecule has 1 atom stereocenters. The smallest absolute Gasteiger partial charge is 0.315 e. The first-order valence-electron chi connectivity index (χ1n) is 8.61. The van der Waals surface area contributed by atoms with Gasteiger partial charge in [-0.15, -0.1) is 0 Å². The minimum atomic E-state index is -1.06. The summed E-state index contributed by atoms with van der Waals surface area (Å²) in [6.07, 6.45) is 4.71. The molecule has 126 valence electrons. The summed E-state index contributed by atoms with van der Waals surface area (Å²) in [6, 6.07) is 10.3. The number of piperidine rings is 1. The zero-order valence-corrected chi connectivity index (χ0v) is 13.8. The molecule has 1 aliphatic heterocycles. The lowest BCUT2D eigenvalue weighted by Gasteiger charge is -2.32.